The van der Waals surface area contributed by atoms with Crippen LogP contribution in [0.5, 0.6) is 0 Å². The maximum absolute atomic E-state index is 14.8. The molecule has 28 heavy (non-hydrogen) atoms. The van der Waals surface area contributed by atoms with Gasteiger partial charge in [-0.1, -0.05) is 18.2 Å². The highest BCUT2D eigenvalue weighted by Gasteiger charge is 2.24. The summed E-state index contributed by atoms with van der Waals surface area (Å²) < 4.78 is 42.3. The van der Waals surface area contributed by atoms with Crippen molar-refractivity contribution in [1.29, 1.82) is 0 Å². The molecule has 0 spiro atoms. The van der Waals surface area contributed by atoms with Crippen LogP contribution in [0.15, 0.2) is 63.2 Å². The van der Waals surface area contributed by atoms with Crippen molar-refractivity contribution < 1.29 is 12.8 Å². The first-order valence-corrected chi connectivity index (χ1v) is 10.8. The second kappa shape index (κ2) is 7.05. The molecule has 3 aromatic rings. The highest BCUT2D eigenvalue weighted by molar-refractivity contribution is 7.91. The average molecular weight is 400 g/mol. The average Bonchev–Trinajstić information content (AvgIpc) is 2.71. The summed E-state index contributed by atoms with van der Waals surface area (Å²) in [7, 11) is -2.32. The Bertz CT molecular complexity index is 1200. The van der Waals surface area contributed by atoms with Gasteiger partial charge >= 0.3 is 0 Å². The monoisotopic (exact) mass is 400 g/mol. The van der Waals surface area contributed by atoms with Gasteiger partial charge in [-0.2, -0.15) is 0 Å². The van der Waals surface area contributed by atoms with Gasteiger partial charge < -0.3 is 9.47 Å². The Morgan fingerprint density at radius 2 is 1.68 bits per heavy atom. The van der Waals surface area contributed by atoms with E-state index in [0.717, 1.165) is 32.4 Å². The lowest BCUT2D eigenvalue weighted by Crippen LogP contribution is -2.30. The fourth-order valence-corrected chi connectivity index (χ4v) is 5.18. The highest BCUT2D eigenvalue weighted by atomic mass is 32.2. The Labute approximate surface area is 162 Å². The Morgan fingerprint density at radius 3 is 2.36 bits per heavy atom. The van der Waals surface area contributed by atoms with E-state index >= 15 is 0 Å². The van der Waals surface area contributed by atoms with Gasteiger partial charge in [-0.15, -0.1) is 0 Å². The second-order valence-electron chi connectivity index (χ2n) is 7.12. The number of fused-ring (bicyclic) bond motifs is 1. The molecule has 1 aliphatic heterocycles. The van der Waals surface area contributed by atoms with E-state index in [1.54, 1.807) is 35.9 Å². The summed E-state index contributed by atoms with van der Waals surface area (Å²) in [5, 5.41) is 0.0674. The molecule has 0 bridgehead atoms. The van der Waals surface area contributed by atoms with Crippen molar-refractivity contribution in [3.8, 4) is 0 Å². The first-order valence-electron chi connectivity index (χ1n) is 9.27. The number of sulfone groups is 1. The van der Waals surface area contributed by atoms with Crippen molar-refractivity contribution >= 4 is 26.4 Å². The minimum atomic E-state index is -3.99. The molecule has 0 aliphatic carbocycles. The van der Waals surface area contributed by atoms with E-state index in [2.05, 4.69) is 0 Å². The van der Waals surface area contributed by atoms with E-state index in [1.165, 1.54) is 24.4 Å². The van der Waals surface area contributed by atoms with E-state index in [0.29, 0.717) is 11.2 Å². The number of aromatic nitrogens is 1. The van der Waals surface area contributed by atoms with Gasteiger partial charge in [0.2, 0.25) is 15.3 Å². The van der Waals surface area contributed by atoms with Crippen molar-refractivity contribution in [1.82, 2.24) is 4.57 Å². The molecule has 1 aliphatic rings. The summed E-state index contributed by atoms with van der Waals surface area (Å²) in [5.41, 5.74) is 0.292. The molecular weight excluding hydrogens is 379 g/mol. The smallest absolute Gasteiger partial charge is 0.211 e. The molecule has 7 heteroatoms. The van der Waals surface area contributed by atoms with Crippen LogP contribution in [0.25, 0.3) is 10.9 Å². The number of hydrogen-bond donors (Lipinski definition) is 0. The number of pyridine rings is 1. The third kappa shape index (κ3) is 3.09. The van der Waals surface area contributed by atoms with Crippen LogP contribution >= 0.6 is 0 Å². The first-order chi connectivity index (χ1) is 13.4. The molecule has 1 fully saturated rings. The third-order valence-corrected chi connectivity index (χ3v) is 7.03. The van der Waals surface area contributed by atoms with Crippen LogP contribution in [-0.2, 0) is 16.9 Å². The predicted molar refractivity (Wildman–Crippen MR) is 107 cm³/mol. The fraction of sp³-hybridized carbons (Fsp3) is 0.286. The summed E-state index contributed by atoms with van der Waals surface area (Å²) in [4.78, 5) is 14.6. The van der Waals surface area contributed by atoms with E-state index in [-0.39, 0.29) is 15.2 Å². The Balaban J connectivity index is 1.91. The number of halogens is 1. The number of aryl methyl sites for hydroxylation is 1. The molecule has 1 aromatic heterocycles. The van der Waals surface area contributed by atoms with Crippen molar-refractivity contribution in [2.45, 2.75) is 29.1 Å². The zero-order chi connectivity index (χ0) is 19.9. The highest BCUT2D eigenvalue weighted by Crippen LogP contribution is 2.28. The Morgan fingerprint density at radius 1 is 1.00 bits per heavy atom. The van der Waals surface area contributed by atoms with Crippen molar-refractivity contribution in [2.75, 3.05) is 18.0 Å². The lowest BCUT2D eigenvalue weighted by atomic mass is 10.1. The zero-order valence-corrected chi connectivity index (χ0v) is 16.4. The summed E-state index contributed by atoms with van der Waals surface area (Å²) in [6.07, 6.45) is 4.46. The molecule has 0 atom stereocenters. The number of piperidine rings is 1. The van der Waals surface area contributed by atoms with Crippen LogP contribution in [0.2, 0.25) is 0 Å². The largest absolute Gasteiger partial charge is 0.369 e. The van der Waals surface area contributed by atoms with Crippen molar-refractivity contribution in [3.05, 3.63) is 64.7 Å². The van der Waals surface area contributed by atoms with E-state index < -0.39 is 21.1 Å². The first kappa shape index (κ1) is 18.7. The van der Waals surface area contributed by atoms with Crippen LogP contribution < -0.4 is 10.3 Å². The lowest BCUT2D eigenvalue weighted by Gasteiger charge is -2.29. The van der Waals surface area contributed by atoms with Gasteiger partial charge in [0.05, 0.1) is 21.5 Å². The van der Waals surface area contributed by atoms with Crippen LogP contribution in [-0.4, -0.2) is 26.1 Å². The van der Waals surface area contributed by atoms with Crippen LogP contribution in [0, 0.1) is 5.82 Å². The molecule has 0 radical (unpaired) electrons. The molecule has 0 unspecified atom stereocenters. The molecule has 5 nitrogen and oxygen atoms in total. The zero-order valence-electron chi connectivity index (χ0n) is 15.6. The Hall–Kier alpha value is -2.67. The number of benzene rings is 2. The predicted octanol–water partition coefficient (Wildman–Crippen LogP) is 3.50. The number of rotatable bonds is 3. The van der Waals surface area contributed by atoms with Gasteiger partial charge in [-0.25, -0.2) is 12.8 Å². The minimum Gasteiger partial charge on any atom is -0.369 e. The molecule has 0 N–H and O–H groups in total. The van der Waals surface area contributed by atoms with E-state index in [4.69, 9.17) is 0 Å². The van der Waals surface area contributed by atoms with Crippen LogP contribution in [0.4, 0.5) is 10.1 Å². The van der Waals surface area contributed by atoms with Gasteiger partial charge in [-0.05, 0) is 43.5 Å². The minimum absolute atomic E-state index is 0.0388. The van der Waals surface area contributed by atoms with Gasteiger partial charge in [0.15, 0.2) is 0 Å². The number of hydrogen-bond acceptors (Lipinski definition) is 4. The van der Waals surface area contributed by atoms with Gasteiger partial charge in [0, 0.05) is 26.3 Å². The summed E-state index contributed by atoms with van der Waals surface area (Å²) in [6, 6.07) is 10.6. The molecule has 0 saturated carbocycles. The van der Waals surface area contributed by atoms with Crippen molar-refractivity contribution in [2.24, 2.45) is 7.05 Å². The molecule has 2 heterocycles. The number of nitrogens with zero attached hydrogens (tertiary/aromatic N) is 2. The number of anilines is 1. The standard InChI is InChI=1S/C21H21FN2O3S/c1-23-14-20(28(26,27)15-8-4-2-5-9-15)21(25)16-12-17(22)19(13-18(16)23)24-10-6-3-7-11-24/h2,4-5,8-9,12-14H,3,6-7,10-11H2,1H3. The van der Waals surface area contributed by atoms with Gasteiger partial charge in [0.25, 0.3) is 0 Å². The lowest BCUT2D eigenvalue weighted by molar-refractivity contribution is 0.557. The van der Waals surface area contributed by atoms with Crippen molar-refractivity contribution in [3.63, 3.8) is 0 Å². The maximum atomic E-state index is 14.8. The van der Waals surface area contributed by atoms with Gasteiger partial charge in [0.1, 0.15) is 10.7 Å². The maximum Gasteiger partial charge on any atom is 0.211 e. The molecule has 2 aromatic carbocycles. The summed E-state index contributed by atoms with van der Waals surface area (Å²) in [6.45, 7) is 1.55. The van der Waals surface area contributed by atoms with E-state index in [9.17, 15) is 17.6 Å². The molecular formula is C21H21FN2O3S. The third-order valence-electron chi connectivity index (χ3n) is 5.26. The van der Waals surface area contributed by atoms with Gasteiger partial charge in [-0.3, -0.25) is 4.79 Å². The fourth-order valence-electron chi connectivity index (χ4n) is 3.76. The molecule has 0 amide bonds. The van der Waals surface area contributed by atoms with Crippen LogP contribution in [0.1, 0.15) is 19.3 Å². The second-order valence-corrected chi connectivity index (χ2v) is 9.04. The summed E-state index contributed by atoms with van der Waals surface area (Å²) in [5.74, 6) is -0.499. The SMILES string of the molecule is Cn1cc(S(=O)(=O)c2ccccc2)c(=O)c2cc(F)c(N3CCCCC3)cc21. The quantitative estimate of drug-likeness (QED) is 0.675. The normalized spacial score (nSPS) is 15.1. The van der Waals surface area contributed by atoms with Crippen LogP contribution in [0.3, 0.4) is 0 Å². The topological polar surface area (TPSA) is 59.4 Å². The molecule has 146 valence electrons. The Kier molecular flexibility index (Phi) is 4.71. The molecule has 4 rings (SSSR count). The molecule has 1 saturated heterocycles. The summed E-state index contributed by atoms with van der Waals surface area (Å²) >= 11 is 0. The van der Waals surface area contributed by atoms with E-state index in [1.807, 2.05) is 4.90 Å².